The smallest absolute Gasteiger partial charge is 0.319 e. The molecule has 134 valence electrons. The number of amides is 2. The average Bonchev–Trinajstić information content (AvgIpc) is 3.11. The first kappa shape index (κ1) is 17.9. The molecule has 1 aliphatic rings. The van der Waals surface area contributed by atoms with E-state index in [1.54, 1.807) is 11.3 Å². The van der Waals surface area contributed by atoms with E-state index in [1.807, 2.05) is 31.2 Å². The molecule has 1 atom stereocenters. The molecule has 3 rings (SSSR count). The summed E-state index contributed by atoms with van der Waals surface area (Å²) in [7, 11) is 2.16. The van der Waals surface area contributed by atoms with Crippen molar-refractivity contribution in [3.8, 4) is 0 Å². The van der Waals surface area contributed by atoms with E-state index in [4.69, 9.17) is 0 Å². The maximum atomic E-state index is 12.3. The molecule has 0 bridgehead atoms. The van der Waals surface area contributed by atoms with Crippen LogP contribution >= 0.6 is 11.3 Å². The van der Waals surface area contributed by atoms with Gasteiger partial charge in [0.25, 0.3) is 0 Å². The molecule has 0 spiro atoms. The summed E-state index contributed by atoms with van der Waals surface area (Å²) in [5.74, 6) is 0. The van der Waals surface area contributed by atoms with Gasteiger partial charge in [-0.05, 0) is 54.1 Å². The molecule has 25 heavy (non-hydrogen) atoms. The molecule has 2 amide bonds. The Balaban J connectivity index is 1.59. The molecule has 0 saturated carbocycles. The van der Waals surface area contributed by atoms with Crippen molar-refractivity contribution in [3.63, 3.8) is 0 Å². The second kappa shape index (κ2) is 8.47. The van der Waals surface area contributed by atoms with Gasteiger partial charge in [-0.2, -0.15) is 11.3 Å². The summed E-state index contributed by atoms with van der Waals surface area (Å²) in [6.07, 6.45) is 0. The number of nitrogens with one attached hydrogen (secondary N) is 2. The minimum Gasteiger partial charge on any atom is -0.336 e. The summed E-state index contributed by atoms with van der Waals surface area (Å²) in [6, 6.07) is 10.1. The number of anilines is 1. The molecule has 1 aromatic carbocycles. The van der Waals surface area contributed by atoms with Crippen molar-refractivity contribution in [1.82, 2.24) is 15.1 Å². The molecule has 1 aromatic heterocycles. The number of urea groups is 1. The summed E-state index contributed by atoms with van der Waals surface area (Å²) >= 11 is 1.71. The first-order valence-electron chi connectivity index (χ1n) is 8.68. The summed E-state index contributed by atoms with van der Waals surface area (Å²) in [4.78, 5) is 17.1. The van der Waals surface area contributed by atoms with Gasteiger partial charge in [0, 0.05) is 38.4 Å². The number of carbonyl (C=O) groups is 1. The van der Waals surface area contributed by atoms with Crippen molar-refractivity contribution in [2.24, 2.45) is 0 Å². The molecule has 1 fully saturated rings. The van der Waals surface area contributed by atoms with Crippen LogP contribution in [0.3, 0.4) is 0 Å². The number of nitrogens with zero attached hydrogens (tertiary/aromatic N) is 2. The van der Waals surface area contributed by atoms with Gasteiger partial charge in [0.2, 0.25) is 0 Å². The highest BCUT2D eigenvalue weighted by atomic mass is 32.1. The summed E-state index contributed by atoms with van der Waals surface area (Å²) in [5, 5.41) is 10.3. The van der Waals surface area contributed by atoms with E-state index in [1.165, 1.54) is 5.56 Å². The van der Waals surface area contributed by atoms with Crippen LogP contribution in [-0.4, -0.2) is 55.6 Å². The SMILES string of the molecule is Cc1cccc(NC(=O)NC[C@H](c2ccsc2)N2CCN(C)CC2)c1. The highest BCUT2D eigenvalue weighted by molar-refractivity contribution is 7.07. The Morgan fingerprint density at radius 3 is 2.72 bits per heavy atom. The average molecular weight is 359 g/mol. The van der Waals surface area contributed by atoms with Gasteiger partial charge in [0.05, 0.1) is 6.04 Å². The van der Waals surface area contributed by atoms with Crippen molar-refractivity contribution in [2.45, 2.75) is 13.0 Å². The van der Waals surface area contributed by atoms with Crippen LogP contribution in [0, 0.1) is 6.92 Å². The first-order valence-corrected chi connectivity index (χ1v) is 9.62. The lowest BCUT2D eigenvalue weighted by Gasteiger charge is -2.37. The topological polar surface area (TPSA) is 47.6 Å². The van der Waals surface area contributed by atoms with Gasteiger partial charge in [0.1, 0.15) is 0 Å². The second-order valence-corrected chi connectivity index (χ2v) is 7.40. The van der Waals surface area contributed by atoms with E-state index in [0.717, 1.165) is 37.4 Å². The minimum atomic E-state index is -0.153. The van der Waals surface area contributed by atoms with Gasteiger partial charge in [0.15, 0.2) is 0 Å². The van der Waals surface area contributed by atoms with Gasteiger partial charge in [-0.15, -0.1) is 0 Å². The minimum absolute atomic E-state index is 0.153. The van der Waals surface area contributed by atoms with Crippen molar-refractivity contribution in [3.05, 3.63) is 52.2 Å². The molecule has 2 heterocycles. The second-order valence-electron chi connectivity index (χ2n) is 6.62. The summed E-state index contributed by atoms with van der Waals surface area (Å²) in [6.45, 7) is 6.81. The van der Waals surface area contributed by atoms with Crippen LogP contribution in [0.25, 0.3) is 0 Å². The van der Waals surface area contributed by atoms with Crippen LogP contribution in [0.1, 0.15) is 17.2 Å². The molecule has 1 aliphatic heterocycles. The molecule has 0 aliphatic carbocycles. The van der Waals surface area contributed by atoms with Crippen molar-refractivity contribution >= 4 is 23.1 Å². The monoisotopic (exact) mass is 358 g/mol. The fourth-order valence-electron chi connectivity index (χ4n) is 3.14. The van der Waals surface area contributed by atoms with Crippen molar-refractivity contribution in [1.29, 1.82) is 0 Å². The van der Waals surface area contributed by atoms with Gasteiger partial charge in [-0.25, -0.2) is 4.79 Å². The van der Waals surface area contributed by atoms with Gasteiger partial charge < -0.3 is 15.5 Å². The van der Waals surface area contributed by atoms with E-state index < -0.39 is 0 Å². The van der Waals surface area contributed by atoms with E-state index >= 15 is 0 Å². The predicted octanol–water partition coefficient (Wildman–Crippen LogP) is 3.17. The number of rotatable bonds is 5. The Bertz CT molecular complexity index is 680. The fourth-order valence-corrected chi connectivity index (χ4v) is 3.85. The zero-order chi connectivity index (χ0) is 17.6. The van der Waals surface area contributed by atoms with Crippen LogP contribution in [-0.2, 0) is 0 Å². The maximum absolute atomic E-state index is 12.3. The largest absolute Gasteiger partial charge is 0.336 e. The maximum Gasteiger partial charge on any atom is 0.319 e. The number of carbonyl (C=O) groups excluding carboxylic acids is 1. The normalized spacial score (nSPS) is 17.2. The molecule has 5 nitrogen and oxygen atoms in total. The fraction of sp³-hybridized carbons (Fsp3) is 0.421. The first-order chi connectivity index (χ1) is 12.1. The summed E-state index contributed by atoms with van der Waals surface area (Å²) < 4.78 is 0. The van der Waals surface area contributed by atoms with E-state index in [2.05, 4.69) is 44.3 Å². The quantitative estimate of drug-likeness (QED) is 0.863. The Labute approximate surface area is 153 Å². The molecule has 0 unspecified atom stereocenters. The Kier molecular flexibility index (Phi) is 6.07. The molecule has 2 aromatic rings. The highest BCUT2D eigenvalue weighted by Crippen LogP contribution is 2.23. The Morgan fingerprint density at radius 1 is 1.24 bits per heavy atom. The zero-order valence-electron chi connectivity index (χ0n) is 14.9. The van der Waals surface area contributed by atoms with Crippen LogP contribution in [0.15, 0.2) is 41.1 Å². The lowest BCUT2D eigenvalue weighted by atomic mass is 10.1. The van der Waals surface area contributed by atoms with Gasteiger partial charge in [-0.1, -0.05) is 12.1 Å². The van der Waals surface area contributed by atoms with Gasteiger partial charge in [-0.3, -0.25) is 4.90 Å². The zero-order valence-corrected chi connectivity index (χ0v) is 15.7. The summed E-state index contributed by atoms with van der Waals surface area (Å²) in [5.41, 5.74) is 3.24. The van der Waals surface area contributed by atoms with Crippen LogP contribution in [0.2, 0.25) is 0 Å². The van der Waals surface area contributed by atoms with E-state index in [9.17, 15) is 4.79 Å². The standard InChI is InChI=1S/C19H26N4OS/c1-15-4-3-5-17(12-15)21-19(24)20-13-18(16-6-11-25-14-16)23-9-7-22(2)8-10-23/h3-6,11-12,14,18H,7-10,13H2,1-2H3,(H2,20,21,24)/t18-/m1/s1. The molecule has 2 N–H and O–H groups in total. The third-order valence-electron chi connectivity index (χ3n) is 4.64. The number of hydrogen-bond donors (Lipinski definition) is 2. The van der Waals surface area contributed by atoms with Crippen LogP contribution < -0.4 is 10.6 Å². The lowest BCUT2D eigenvalue weighted by Crippen LogP contribution is -2.48. The molecular formula is C19H26N4OS. The Hall–Kier alpha value is -1.89. The number of likely N-dealkylation sites (N-methyl/N-ethyl adjacent to an activating group) is 1. The molecule has 6 heteroatoms. The van der Waals surface area contributed by atoms with Crippen molar-refractivity contribution in [2.75, 3.05) is 45.1 Å². The Morgan fingerprint density at radius 2 is 2.04 bits per heavy atom. The number of thiophene rings is 1. The van der Waals surface area contributed by atoms with Gasteiger partial charge >= 0.3 is 6.03 Å². The van der Waals surface area contributed by atoms with Crippen molar-refractivity contribution < 1.29 is 4.79 Å². The third kappa shape index (κ3) is 5.04. The predicted molar refractivity (Wildman–Crippen MR) is 104 cm³/mol. The van der Waals surface area contributed by atoms with Crippen LogP contribution in [0.4, 0.5) is 10.5 Å². The number of benzene rings is 1. The molecule has 1 saturated heterocycles. The lowest BCUT2D eigenvalue weighted by molar-refractivity contribution is 0.111. The molecule has 0 radical (unpaired) electrons. The van der Waals surface area contributed by atoms with E-state index in [0.29, 0.717) is 6.54 Å². The van der Waals surface area contributed by atoms with Crippen LogP contribution in [0.5, 0.6) is 0 Å². The third-order valence-corrected chi connectivity index (χ3v) is 5.34. The van der Waals surface area contributed by atoms with E-state index in [-0.39, 0.29) is 12.1 Å². The number of aryl methyl sites for hydroxylation is 1. The highest BCUT2D eigenvalue weighted by Gasteiger charge is 2.24. The molecular weight excluding hydrogens is 332 g/mol. The number of piperazine rings is 1. The number of hydrogen-bond acceptors (Lipinski definition) is 4.